The van der Waals surface area contributed by atoms with Gasteiger partial charge in [0.15, 0.2) is 11.5 Å². The van der Waals surface area contributed by atoms with Crippen LogP contribution in [0.15, 0.2) is 42.5 Å². The van der Waals surface area contributed by atoms with Crippen LogP contribution in [-0.2, 0) is 4.79 Å². The Morgan fingerprint density at radius 3 is 2.77 bits per heavy atom. The molecule has 0 saturated heterocycles. The summed E-state index contributed by atoms with van der Waals surface area (Å²) in [6.45, 7) is 1.98. The summed E-state index contributed by atoms with van der Waals surface area (Å²) in [6.07, 6.45) is 0. The highest BCUT2D eigenvalue weighted by molar-refractivity contribution is 7.15. The maximum atomic E-state index is 13.4. The monoisotopic (exact) mass is 422 g/mol. The molecule has 152 valence electrons. The third-order valence-electron chi connectivity index (χ3n) is 5.36. The first-order valence-corrected chi connectivity index (χ1v) is 10.2. The van der Waals surface area contributed by atoms with Crippen LogP contribution in [0, 0.1) is 6.92 Å². The number of benzene rings is 2. The van der Waals surface area contributed by atoms with Crippen molar-refractivity contribution < 1.29 is 19.1 Å². The van der Waals surface area contributed by atoms with Crippen molar-refractivity contribution in [2.24, 2.45) is 0 Å². The second-order valence-electron chi connectivity index (χ2n) is 7.15. The number of carbonyl (C=O) groups excluding carboxylic acids is 2. The van der Waals surface area contributed by atoms with Crippen molar-refractivity contribution in [2.75, 3.05) is 19.2 Å². The first kappa shape index (κ1) is 18.6. The molecule has 1 N–H and O–H groups in total. The molecule has 1 aromatic heterocycles. The predicted octanol–water partition coefficient (Wildman–Crippen LogP) is 3.12. The predicted molar refractivity (Wildman–Crippen MR) is 110 cm³/mol. The van der Waals surface area contributed by atoms with Crippen LogP contribution in [0.5, 0.6) is 11.5 Å². The Kier molecular flexibility index (Phi) is 4.39. The van der Waals surface area contributed by atoms with E-state index >= 15 is 0 Å². The summed E-state index contributed by atoms with van der Waals surface area (Å²) in [4.78, 5) is 28.1. The summed E-state index contributed by atoms with van der Waals surface area (Å²) in [5, 5.41) is 12.0. The molecule has 8 nitrogen and oxygen atoms in total. The fourth-order valence-electron chi connectivity index (χ4n) is 4.00. The van der Waals surface area contributed by atoms with Gasteiger partial charge in [-0.15, -0.1) is 10.2 Å². The minimum absolute atomic E-state index is 0.135. The van der Waals surface area contributed by atoms with Gasteiger partial charge in [0.2, 0.25) is 17.8 Å². The average molecular weight is 422 g/mol. The average Bonchev–Trinajstić information content (AvgIpc) is 3.38. The van der Waals surface area contributed by atoms with Gasteiger partial charge in [-0.2, -0.15) is 0 Å². The van der Waals surface area contributed by atoms with Crippen molar-refractivity contribution in [2.45, 2.75) is 18.9 Å². The van der Waals surface area contributed by atoms with E-state index in [1.807, 2.05) is 31.2 Å². The van der Waals surface area contributed by atoms with Crippen LogP contribution in [0.4, 0.5) is 5.13 Å². The van der Waals surface area contributed by atoms with Gasteiger partial charge in [-0.1, -0.05) is 35.6 Å². The van der Waals surface area contributed by atoms with Crippen molar-refractivity contribution in [3.05, 3.63) is 64.2 Å². The van der Waals surface area contributed by atoms with E-state index in [1.54, 1.807) is 30.1 Å². The lowest BCUT2D eigenvalue weighted by atomic mass is 9.79. The summed E-state index contributed by atoms with van der Waals surface area (Å²) in [7, 11) is 1.71. The maximum absolute atomic E-state index is 13.4. The Bertz CT molecular complexity index is 1160. The molecule has 9 heteroatoms. The largest absolute Gasteiger partial charge is 0.454 e. The van der Waals surface area contributed by atoms with Crippen molar-refractivity contribution in [1.82, 2.24) is 15.1 Å². The number of likely N-dealkylation sites (N-methyl/N-ethyl adjacent to an activating group) is 1. The summed E-state index contributed by atoms with van der Waals surface area (Å²) in [5.74, 6) is 0.235. The van der Waals surface area contributed by atoms with Gasteiger partial charge in [-0.3, -0.25) is 14.9 Å². The Hall–Kier alpha value is -3.46. The number of aryl methyl sites for hydroxylation is 1. The molecule has 2 atom stereocenters. The van der Waals surface area contributed by atoms with E-state index < -0.39 is 12.0 Å². The van der Waals surface area contributed by atoms with E-state index in [1.165, 1.54) is 11.3 Å². The number of rotatable bonds is 3. The number of carbonyl (C=O) groups is 2. The fourth-order valence-corrected chi connectivity index (χ4v) is 4.60. The Balaban J connectivity index is 1.61. The molecule has 0 saturated carbocycles. The lowest BCUT2D eigenvalue weighted by Gasteiger charge is -2.39. The minimum atomic E-state index is -0.631. The summed E-state index contributed by atoms with van der Waals surface area (Å²) in [6, 6.07) is 12.2. The first-order valence-electron chi connectivity index (χ1n) is 9.39. The molecule has 0 unspecified atom stereocenters. The summed E-state index contributed by atoms with van der Waals surface area (Å²) in [5.41, 5.74) is 1.99. The quantitative estimate of drug-likeness (QED) is 0.697. The van der Waals surface area contributed by atoms with Crippen LogP contribution in [0.25, 0.3) is 0 Å². The smallest absolute Gasteiger partial charge is 0.254 e. The van der Waals surface area contributed by atoms with Crippen molar-refractivity contribution in [1.29, 1.82) is 0 Å². The fraction of sp³-hybridized carbons (Fsp3) is 0.238. The zero-order valence-corrected chi connectivity index (χ0v) is 17.1. The molecule has 2 aliphatic heterocycles. The van der Waals surface area contributed by atoms with E-state index in [2.05, 4.69) is 15.5 Å². The number of aromatic nitrogens is 2. The van der Waals surface area contributed by atoms with Gasteiger partial charge in [0.25, 0.3) is 5.91 Å². The minimum Gasteiger partial charge on any atom is -0.454 e. The number of hydrogen-bond donors (Lipinski definition) is 1. The first-order chi connectivity index (χ1) is 14.5. The van der Waals surface area contributed by atoms with E-state index in [0.717, 1.165) is 10.6 Å². The zero-order chi connectivity index (χ0) is 20.8. The van der Waals surface area contributed by atoms with Gasteiger partial charge >= 0.3 is 0 Å². The summed E-state index contributed by atoms with van der Waals surface area (Å²) >= 11 is 1.30. The number of anilines is 1. The number of nitrogens with zero attached hydrogens (tertiary/aromatic N) is 3. The highest BCUT2D eigenvalue weighted by Crippen LogP contribution is 2.45. The maximum Gasteiger partial charge on any atom is 0.254 e. The normalized spacial score (nSPS) is 19.5. The third kappa shape index (κ3) is 2.98. The molecule has 2 aromatic carbocycles. The molecule has 2 aliphatic rings. The molecular formula is C21H18N4O4S. The molecule has 0 radical (unpaired) electrons. The number of ether oxygens (including phenoxy) is 2. The molecule has 3 aromatic rings. The Morgan fingerprint density at radius 1 is 1.17 bits per heavy atom. The van der Waals surface area contributed by atoms with Crippen molar-refractivity contribution in [3.8, 4) is 11.5 Å². The molecule has 0 bridgehead atoms. The summed E-state index contributed by atoms with van der Waals surface area (Å²) < 4.78 is 10.9. The Labute approximate surface area is 176 Å². The molecule has 2 amide bonds. The number of hydrogen-bond acceptors (Lipinski definition) is 7. The van der Waals surface area contributed by atoms with Crippen LogP contribution in [-0.4, -0.2) is 40.8 Å². The number of nitrogens with one attached hydrogen (secondary N) is 1. The van der Waals surface area contributed by atoms with Gasteiger partial charge < -0.3 is 14.4 Å². The highest BCUT2D eigenvalue weighted by Gasteiger charge is 2.43. The standard InChI is InChI=1S/C21H18N4O4S/c1-11-23-24-21(30-11)22-19(26)17-13-5-3-4-6-14(13)20(27)25(2)18(17)12-7-8-15-16(9-12)29-10-28-15/h3-9,17-18H,10H2,1-2H3,(H,22,24,26)/t17-,18-/m0/s1. The number of fused-ring (bicyclic) bond motifs is 2. The molecule has 3 heterocycles. The van der Waals surface area contributed by atoms with Gasteiger partial charge in [0, 0.05) is 12.6 Å². The number of amides is 2. The topological polar surface area (TPSA) is 93.7 Å². The van der Waals surface area contributed by atoms with Gasteiger partial charge in [-0.25, -0.2) is 0 Å². The highest BCUT2D eigenvalue weighted by atomic mass is 32.1. The van der Waals surface area contributed by atoms with Crippen LogP contribution in [0.2, 0.25) is 0 Å². The van der Waals surface area contributed by atoms with Gasteiger partial charge in [0.1, 0.15) is 5.01 Å². The van der Waals surface area contributed by atoms with Crippen LogP contribution in [0.1, 0.15) is 38.5 Å². The zero-order valence-electron chi connectivity index (χ0n) is 16.3. The second-order valence-corrected chi connectivity index (χ2v) is 8.34. The lowest BCUT2D eigenvalue weighted by molar-refractivity contribution is -0.119. The van der Waals surface area contributed by atoms with Gasteiger partial charge in [-0.05, 0) is 36.2 Å². The van der Waals surface area contributed by atoms with Crippen molar-refractivity contribution >= 4 is 28.3 Å². The molecule has 5 rings (SSSR count). The van der Waals surface area contributed by atoms with Crippen LogP contribution in [0.3, 0.4) is 0 Å². The van der Waals surface area contributed by atoms with Crippen LogP contribution < -0.4 is 14.8 Å². The SMILES string of the molecule is Cc1nnc(NC(=O)[C@H]2c3ccccc3C(=O)N(C)[C@H]2c2ccc3c(c2)OCO3)s1. The Morgan fingerprint density at radius 2 is 1.97 bits per heavy atom. The van der Waals surface area contributed by atoms with E-state index in [-0.39, 0.29) is 18.6 Å². The molecular weight excluding hydrogens is 404 g/mol. The molecule has 0 aliphatic carbocycles. The van der Waals surface area contributed by atoms with E-state index in [4.69, 9.17) is 9.47 Å². The van der Waals surface area contributed by atoms with Crippen LogP contribution >= 0.6 is 11.3 Å². The van der Waals surface area contributed by atoms with E-state index in [9.17, 15) is 9.59 Å². The second kappa shape index (κ2) is 7.10. The lowest BCUT2D eigenvalue weighted by Crippen LogP contribution is -2.44. The molecule has 0 spiro atoms. The van der Waals surface area contributed by atoms with Crippen molar-refractivity contribution in [3.63, 3.8) is 0 Å². The van der Waals surface area contributed by atoms with Gasteiger partial charge in [0.05, 0.1) is 12.0 Å². The third-order valence-corrected chi connectivity index (χ3v) is 6.11. The molecule has 30 heavy (non-hydrogen) atoms. The van der Waals surface area contributed by atoms with E-state index in [0.29, 0.717) is 27.8 Å². The molecule has 0 fully saturated rings.